The number of nitrogens with zero attached hydrogens (tertiary/aromatic N) is 2. The summed E-state index contributed by atoms with van der Waals surface area (Å²) in [7, 11) is 2.14. The monoisotopic (exact) mass is 317 g/mol. The molecule has 112 valence electrons. The average molecular weight is 318 g/mol. The number of thiophene rings is 1. The summed E-state index contributed by atoms with van der Waals surface area (Å²) >= 11 is 1.22. The highest BCUT2D eigenvalue weighted by Gasteiger charge is 2.35. The van der Waals surface area contributed by atoms with Crippen molar-refractivity contribution in [3.63, 3.8) is 0 Å². The van der Waals surface area contributed by atoms with E-state index in [4.69, 9.17) is 0 Å². The molecule has 2 bridgehead atoms. The number of hydrogen-bond donors (Lipinski definition) is 1. The Morgan fingerprint density at radius 3 is 2.65 bits per heavy atom. The Labute approximate surface area is 128 Å². The first kappa shape index (κ1) is 15.7. The van der Waals surface area contributed by atoms with E-state index in [1.807, 2.05) is 5.38 Å². The third-order valence-electron chi connectivity index (χ3n) is 4.32. The minimum absolute atomic E-state index is 0. The maximum Gasteiger partial charge on any atom is 0.324 e. The first-order valence-electron chi connectivity index (χ1n) is 6.80. The van der Waals surface area contributed by atoms with Crippen LogP contribution in [0, 0.1) is 10.1 Å². The summed E-state index contributed by atoms with van der Waals surface area (Å²) in [6.45, 7) is 0.814. The van der Waals surface area contributed by atoms with Gasteiger partial charge in [-0.1, -0.05) is 11.3 Å². The molecule has 3 rings (SSSR count). The van der Waals surface area contributed by atoms with Crippen molar-refractivity contribution in [3.05, 3.63) is 27.1 Å². The Hall–Kier alpha value is -0.690. The molecule has 20 heavy (non-hydrogen) atoms. The smallest absolute Gasteiger partial charge is 0.311 e. The molecule has 2 atom stereocenters. The van der Waals surface area contributed by atoms with Gasteiger partial charge in [-0.15, -0.1) is 12.4 Å². The molecule has 3 heterocycles. The summed E-state index contributed by atoms with van der Waals surface area (Å²) in [6.07, 6.45) is 5.02. The van der Waals surface area contributed by atoms with Crippen LogP contribution in [0.2, 0.25) is 0 Å². The molecule has 2 saturated heterocycles. The van der Waals surface area contributed by atoms with E-state index in [0.29, 0.717) is 18.1 Å². The van der Waals surface area contributed by atoms with Crippen molar-refractivity contribution in [1.82, 2.24) is 10.2 Å². The fourth-order valence-corrected chi connectivity index (χ4v) is 4.07. The number of rotatable bonds is 4. The molecule has 7 heteroatoms. The molecule has 0 radical (unpaired) electrons. The van der Waals surface area contributed by atoms with Crippen LogP contribution in [0.1, 0.15) is 31.2 Å². The molecule has 0 saturated carbocycles. The Kier molecular flexibility index (Phi) is 5.01. The third kappa shape index (κ3) is 3.31. The van der Waals surface area contributed by atoms with Gasteiger partial charge in [-0.05, 0) is 38.3 Å². The minimum Gasteiger partial charge on any atom is -0.311 e. The van der Waals surface area contributed by atoms with Gasteiger partial charge in [0.1, 0.15) is 0 Å². The fraction of sp³-hybridized carbons (Fsp3) is 0.692. The van der Waals surface area contributed by atoms with Gasteiger partial charge in [0, 0.05) is 36.1 Å². The molecule has 2 aliphatic rings. The molecule has 2 unspecified atom stereocenters. The molecule has 5 nitrogen and oxygen atoms in total. The van der Waals surface area contributed by atoms with Gasteiger partial charge in [-0.25, -0.2) is 0 Å². The zero-order chi connectivity index (χ0) is 13.4. The van der Waals surface area contributed by atoms with Crippen molar-refractivity contribution < 1.29 is 4.92 Å². The summed E-state index contributed by atoms with van der Waals surface area (Å²) in [5.74, 6) is 0. The molecule has 0 aromatic carbocycles. The van der Waals surface area contributed by atoms with Crippen LogP contribution < -0.4 is 5.32 Å². The fourth-order valence-electron chi connectivity index (χ4n) is 3.35. The molecule has 1 N–H and O–H groups in total. The second-order valence-electron chi connectivity index (χ2n) is 5.73. The van der Waals surface area contributed by atoms with E-state index in [-0.39, 0.29) is 22.3 Å². The van der Waals surface area contributed by atoms with Crippen LogP contribution in [0.25, 0.3) is 0 Å². The van der Waals surface area contributed by atoms with Gasteiger partial charge in [0.2, 0.25) is 0 Å². The second kappa shape index (κ2) is 6.39. The molecule has 2 aliphatic heterocycles. The van der Waals surface area contributed by atoms with Crippen LogP contribution >= 0.6 is 23.7 Å². The highest BCUT2D eigenvalue weighted by Crippen LogP contribution is 2.30. The SMILES string of the molecule is CN(Cc1csc([N+](=O)[O-])c1)C1CC2CCC(C1)N2.Cl. The first-order chi connectivity index (χ1) is 9.11. The van der Waals surface area contributed by atoms with Crippen molar-refractivity contribution in [2.24, 2.45) is 0 Å². The second-order valence-corrected chi connectivity index (χ2v) is 6.62. The minimum atomic E-state index is -0.307. The lowest BCUT2D eigenvalue weighted by Gasteiger charge is -2.35. The molecule has 1 aromatic heterocycles. The molecule has 0 spiro atoms. The van der Waals surface area contributed by atoms with Gasteiger partial charge in [0.25, 0.3) is 0 Å². The summed E-state index contributed by atoms with van der Waals surface area (Å²) in [5.41, 5.74) is 1.06. The number of piperidine rings is 1. The normalized spacial score (nSPS) is 28.4. The highest BCUT2D eigenvalue weighted by atomic mass is 35.5. The standard InChI is InChI=1S/C13H19N3O2S.ClH/c1-15(7-9-4-13(16(17)18)19-8-9)12-5-10-2-3-11(6-12)14-10;/h4,8,10-12,14H,2-3,5-7H2,1H3;1H. The predicted octanol–water partition coefficient (Wildman–Crippen LogP) is 2.79. The van der Waals surface area contributed by atoms with Gasteiger partial charge in [-0.2, -0.15) is 0 Å². The van der Waals surface area contributed by atoms with E-state index in [1.165, 1.54) is 37.0 Å². The van der Waals surface area contributed by atoms with Crippen molar-refractivity contribution in [2.75, 3.05) is 7.05 Å². The van der Waals surface area contributed by atoms with Gasteiger partial charge in [0.15, 0.2) is 0 Å². The lowest BCUT2D eigenvalue weighted by molar-refractivity contribution is -0.380. The maximum absolute atomic E-state index is 10.7. The number of nitro groups is 1. The number of hydrogen-bond acceptors (Lipinski definition) is 5. The van der Waals surface area contributed by atoms with E-state index in [2.05, 4.69) is 17.3 Å². The van der Waals surface area contributed by atoms with Crippen LogP contribution in [-0.2, 0) is 6.54 Å². The molecule has 2 fully saturated rings. The summed E-state index contributed by atoms with van der Waals surface area (Å²) < 4.78 is 0. The predicted molar refractivity (Wildman–Crippen MR) is 82.7 cm³/mol. The van der Waals surface area contributed by atoms with E-state index in [1.54, 1.807) is 6.07 Å². The Morgan fingerprint density at radius 1 is 1.45 bits per heavy atom. The van der Waals surface area contributed by atoms with Gasteiger partial charge in [-0.3, -0.25) is 15.0 Å². The van der Waals surface area contributed by atoms with Crippen LogP contribution in [0.5, 0.6) is 0 Å². The molecular formula is C13H20ClN3O2S. The molecule has 0 aliphatic carbocycles. The lowest BCUT2D eigenvalue weighted by atomic mass is 9.98. The van der Waals surface area contributed by atoms with E-state index >= 15 is 0 Å². The summed E-state index contributed by atoms with van der Waals surface area (Å²) in [4.78, 5) is 12.7. The molecule has 0 amide bonds. The molecular weight excluding hydrogens is 298 g/mol. The van der Waals surface area contributed by atoms with E-state index < -0.39 is 0 Å². The average Bonchev–Trinajstić information content (AvgIpc) is 2.96. The zero-order valence-electron chi connectivity index (χ0n) is 11.4. The highest BCUT2D eigenvalue weighted by molar-refractivity contribution is 7.13. The van der Waals surface area contributed by atoms with Gasteiger partial charge >= 0.3 is 5.00 Å². The maximum atomic E-state index is 10.7. The quantitative estimate of drug-likeness (QED) is 0.685. The van der Waals surface area contributed by atoms with Crippen molar-refractivity contribution in [1.29, 1.82) is 0 Å². The summed E-state index contributed by atoms with van der Waals surface area (Å²) in [6, 6.07) is 3.68. The van der Waals surface area contributed by atoms with Crippen LogP contribution in [-0.4, -0.2) is 35.0 Å². The first-order valence-corrected chi connectivity index (χ1v) is 7.68. The van der Waals surface area contributed by atoms with Crippen molar-refractivity contribution in [2.45, 2.75) is 50.4 Å². The molecule has 1 aromatic rings. The van der Waals surface area contributed by atoms with Crippen LogP contribution in [0.4, 0.5) is 5.00 Å². The number of halogens is 1. The topological polar surface area (TPSA) is 58.4 Å². The zero-order valence-corrected chi connectivity index (χ0v) is 13.1. The number of nitrogens with one attached hydrogen (secondary N) is 1. The van der Waals surface area contributed by atoms with Crippen LogP contribution in [0.3, 0.4) is 0 Å². The van der Waals surface area contributed by atoms with Crippen molar-refractivity contribution in [3.8, 4) is 0 Å². The Balaban J connectivity index is 0.00000147. The van der Waals surface area contributed by atoms with Gasteiger partial charge in [0.05, 0.1) is 4.92 Å². The number of fused-ring (bicyclic) bond motifs is 2. The van der Waals surface area contributed by atoms with E-state index in [9.17, 15) is 10.1 Å². The van der Waals surface area contributed by atoms with Crippen molar-refractivity contribution >= 4 is 28.7 Å². The summed E-state index contributed by atoms with van der Waals surface area (Å²) in [5, 5.41) is 16.5. The Morgan fingerprint density at radius 2 is 2.10 bits per heavy atom. The largest absolute Gasteiger partial charge is 0.324 e. The van der Waals surface area contributed by atoms with Crippen LogP contribution in [0.15, 0.2) is 11.4 Å². The van der Waals surface area contributed by atoms with E-state index in [0.717, 1.165) is 12.1 Å². The third-order valence-corrected chi connectivity index (χ3v) is 5.25. The van der Waals surface area contributed by atoms with Gasteiger partial charge < -0.3 is 5.32 Å². The lowest BCUT2D eigenvalue weighted by Crippen LogP contribution is -2.46. The Bertz CT molecular complexity index is 470.